The number of thiol groups is 1. The van der Waals surface area contributed by atoms with Gasteiger partial charge in [-0.1, -0.05) is 0 Å². The van der Waals surface area contributed by atoms with E-state index in [0.717, 1.165) is 0 Å². The number of esters is 1. The zero-order valence-corrected chi connectivity index (χ0v) is 7.52. The number of nitrogens with zero attached hydrogens (tertiary/aromatic N) is 1. The lowest BCUT2D eigenvalue weighted by molar-refractivity contribution is -0.145. The molecule has 4 heteroatoms. The first kappa shape index (κ1) is 10.3. The van der Waals surface area contributed by atoms with Gasteiger partial charge >= 0.3 is 5.97 Å². The van der Waals surface area contributed by atoms with E-state index in [9.17, 15) is 4.79 Å². The highest BCUT2D eigenvalue weighted by molar-refractivity contribution is 7.82. The smallest absolute Gasteiger partial charge is 0.321 e. The number of hydrogen-bond acceptors (Lipinski definition) is 4. The molecule has 0 fully saturated rings. The quantitative estimate of drug-likeness (QED) is 0.395. The van der Waals surface area contributed by atoms with Gasteiger partial charge in [0.15, 0.2) is 0 Å². The lowest BCUT2D eigenvalue weighted by Crippen LogP contribution is -2.27. The van der Waals surface area contributed by atoms with Crippen LogP contribution in [0, 0.1) is 11.3 Å². The van der Waals surface area contributed by atoms with E-state index in [2.05, 4.69) is 12.6 Å². The fraction of sp³-hybridized carbons (Fsp3) is 0.714. The fourth-order valence-corrected chi connectivity index (χ4v) is 0.431. The summed E-state index contributed by atoms with van der Waals surface area (Å²) in [6.45, 7) is 3.44. The molecule has 0 aromatic carbocycles. The standard InChI is InChI=1S/C7H11NO2S/c1-7(2,11)6(9)10-5-3-4-8/h11H,3,5H2,1-2H3. The second-order valence-electron chi connectivity index (χ2n) is 2.60. The third-order valence-electron chi connectivity index (χ3n) is 0.947. The number of hydrogen-bond donors (Lipinski definition) is 1. The number of carbonyl (C=O) groups excluding carboxylic acids is 1. The van der Waals surface area contributed by atoms with Crippen molar-refractivity contribution in [3.63, 3.8) is 0 Å². The molecule has 0 aliphatic carbocycles. The number of ether oxygens (including phenoxy) is 1. The van der Waals surface area contributed by atoms with Gasteiger partial charge in [-0.05, 0) is 13.8 Å². The molecular formula is C7H11NO2S. The number of carbonyl (C=O) groups is 1. The molecule has 0 radical (unpaired) electrons. The second kappa shape index (κ2) is 4.24. The van der Waals surface area contributed by atoms with Crippen molar-refractivity contribution in [3.8, 4) is 6.07 Å². The Bertz CT molecular complexity index is 178. The molecule has 11 heavy (non-hydrogen) atoms. The third-order valence-corrected chi connectivity index (χ3v) is 1.13. The number of nitriles is 1. The Morgan fingerprint density at radius 3 is 2.64 bits per heavy atom. The summed E-state index contributed by atoms with van der Waals surface area (Å²) < 4.78 is 3.94. The molecule has 0 heterocycles. The van der Waals surface area contributed by atoms with Crippen molar-refractivity contribution < 1.29 is 9.53 Å². The van der Waals surface area contributed by atoms with Gasteiger partial charge in [-0.25, -0.2) is 0 Å². The first-order chi connectivity index (χ1) is 4.98. The second-order valence-corrected chi connectivity index (χ2v) is 3.72. The van der Waals surface area contributed by atoms with Crippen LogP contribution in [0.2, 0.25) is 0 Å². The van der Waals surface area contributed by atoms with Gasteiger partial charge < -0.3 is 4.74 Å². The molecule has 0 spiro atoms. The first-order valence-electron chi connectivity index (χ1n) is 3.25. The molecule has 0 rings (SSSR count). The third kappa shape index (κ3) is 4.68. The van der Waals surface area contributed by atoms with Crippen LogP contribution in [-0.2, 0) is 9.53 Å². The van der Waals surface area contributed by atoms with E-state index in [1.165, 1.54) is 0 Å². The SMILES string of the molecule is CC(C)(S)C(=O)OCCC#N. The van der Waals surface area contributed by atoms with Crippen LogP contribution in [0.4, 0.5) is 0 Å². The predicted octanol–water partition coefficient (Wildman–Crippen LogP) is 1.15. The minimum absolute atomic E-state index is 0.152. The lowest BCUT2D eigenvalue weighted by atomic mass is 10.2. The van der Waals surface area contributed by atoms with Gasteiger partial charge in [0, 0.05) is 0 Å². The summed E-state index contributed by atoms with van der Waals surface area (Å²) in [4.78, 5) is 10.9. The largest absolute Gasteiger partial charge is 0.464 e. The Morgan fingerprint density at radius 2 is 2.27 bits per heavy atom. The zero-order valence-electron chi connectivity index (χ0n) is 6.63. The van der Waals surface area contributed by atoms with Crippen molar-refractivity contribution in [2.45, 2.75) is 25.0 Å². The van der Waals surface area contributed by atoms with Crippen molar-refractivity contribution in [2.24, 2.45) is 0 Å². The Hall–Kier alpha value is -0.690. The maximum atomic E-state index is 10.9. The Labute approximate surface area is 71.8 Å². The van der Waals surface area contributed by atoms with Crippen molar-refractivity contribution in [1.29, 1.82) is 5.26 Å². The van der Waals surface area contributed by atoms with Gasteiger partial charge in [0.2, 0.25) is 0 Å². The van der Waals surface area contributed by atoms with Crippen LogP contribution < -0.4 is 0 Å². The molecule has 0 bridgehead atoms. The van der Waals surface area contributed by atoms with E-state index in [1.54, 1.807) is 13.8 Å². The van der Waals surface area contributed by atoms with E-state index >= 15 is 0 Å². The Balaban J connectivity index is 3.64. The molecular weight excluding hydrogens is 162 g/mol. The Morgan fingerprint density at radius 1 is 1.73 bits per heavy atom. The van der Waals surface area contributed by atoms with Crippen molar-refractivity contribution in [3.05, 3.63) is 0 Å². The van der Waals surface area contributed by atoms with Crippen molar-refractivity contribution >= 4 is 18.6 Å². The first-order valence-corrected chi connectivity index (χ1v) is 3.69. The molecule has 0 N–H and O–H groups in total. The van der Waals surface area contributed by atoms with Crippen LogP contribution >= 0.6 is 12.6 Å². The topological polar surface area (TPSA) is 50.1 Å². The number of rotatable bonds is 3. The highest BCUT2D eigenvalue weighted by Gasteiger charge is 2.23. The molecule has 0 saturated carbocycles. The lowest BCUT2D eigenvalue weighted by Gasteiger charge is -2.14. The molecule has 0 aliphatic heterocycles. The summed E-state index contributed by atoms with van der Waals surface area (Å²) in [5, 5.41) is 8.12. The van der Waals surface area contributed by atoms with Crippen LogP contribution in [0.5, 0.6) is 0 Å². The minimum Gasteiger partial charge on any atom is -0.464 e. The molecule has 0 amide bonds. The fourth-order valence-electron chi connectivity index (χ4n) is 0.366. The van der Waals surface area contributed by atoms with E-state index in [4.69, 9.17) is 10.00 Å². The molecule has 3 nitrogen and oxygen atoms in total. The van der Waals surface area contributed by atoms with Gasteiger partial charge in [-0.15, -0.1) is 0 Å². The summed E-state index contributed by atoms with van der Waals surface area (Å²) in [7, 11) is 0. The molecule has 0 saturated heterocycles. The Kier molecular flexibility index (Phi) is 3.98. The highest BCUT2D eigenvalue weighted by atomic mass is 32.1. The maximum Gasteiger partial charge on any atom is 0.321 e. The monoisotopic (exact) mass is 173 g/mol. The van der Waals surface area contributed by atoms with Crippen LogP contribution in [0.15, 0.2) is 0 Å². The zero-order chi connectivity index (χ0) is 8.91. The molecule has 0 atom stereocenters. The van der Waals surface area contributed by atoms with Crippen LogP contribution in [0.25, 0.3) is 0 Å². The van der Waals surface area contributed by atoms with Gasteiger partial charge in [0.05, 0.1) is 12.5 Å². The average molecular weight is 173 g/mol. The summed E-state index contributed by atoms with van der Waals surface area (Å²) in [5.74, 6) is -0.393. The van der Waals surface area contributed by atoms with Crippen LogP contribution in [-0.4, -0.2) is 17.3 Å². The predicted molar refractivity (Wildman–Crippen MR) is 44.3 cm³/mol. The normalized spacial score (nSPS) is 10.4. The summed E-state index contributed by atoms with van der Waals surface area (Å²) in [6.07, 6.45) is 0.232. The van der Waals surface area contributed by atoms with E-state index in [1.807, 2.05) is 6.07 Å². The van der Waals surface area contributed by atoms with Crippen molar-refractivity contribution in [2.75, 3.05) is 6.61 Å². The van der Waals surface area contributed by atoms with Gasteiger partial charge in [0.25, 0.3) is 0 Å². The maximum absolute atomic E-state index is 10.9. The van der Waals surface area contributed by atoms with Gasteiger partial charge in [-0.3, -0.25) is 4.79 Å². The summed E-state index contributed by atoms with van der Waals surface area (Å²) in [6, 6.07) is 1.87. The molecule has 0 aromatic heterocycles. The van der Waals surface area contributed by atoms with Crippen LogP contribution in [0.3, 0.4) is 0 Å². The van der Waals surface area contributed by atoms with E-state index < -0.39 is 10.7 Å². The van der Waals surface area contributed by atoms with E-state index in [0.29, 0.717) is 0 Å². The average Bonchev–Trinajstić information content (AvgIpc) is 1.86. The molecule has 62 valence electrons. The molecule has 0 aromatic rings. The summed E-state index contributed by atoms with van der Waals surface area (Å²) in [5.41, 5.74) is 0. The molecule has 0 unspecified atom stereocenters. The highest BCUT2D eigenvalue weighted by Crippen LogP contribution is 2.13. The summed E-state index contributed by atoms with van der Waals surface area (Å²) >= 11 is 3.99. The van der Waals surface area contributed by atoms with Crippen LogP contribution in [0.1, 0.15) is 20.3 Å². The molecule has 0 aliphatic rings. The van der Waals surface area contributed by atoms with Crippen molar-refractivity contribution in [1.82, 2.24) is 0 Å². The minimum atomic E-state index is -0.768. The van der Waals surface area contributed by atoms with Gasteiger partial charge in [0.1, 0.15) is 11.4 Å². The van der Waals surface area contributed by atoms with E-state index in [-0.39, 0.29) is 13.0 Å². The van der Waals surface area contributed by atoms with Gasteiger partial charge in [-0.2, -0.15) is 17.9 Å².